The van der Waals surface area contributed by atoms with Crippen LogP contribution in [0.1, 0.15) is 67.2 Å². The molecular weight excluding hydrogens is 436 g/mol. The van der Waals surface area contributed by atoms with E-state index < -0.39 is 39.1 Å². The molecule has 0 heterocycles. The summed E-state index contributed by atoms with van der Waals surface area (Å²) < 4.78 is 23.0. The van der Waals surface area contributed by atoms with E-state index in [1.807, 2.05) is 0 Å². The van der Waals surface area contributed by atoms with Crippen LogP contribution in [0.2, 0.25) is 0 Å². The molecule has 0 saturated heterocycles. The Bertz CT molecular complexity index is 783. The predicted octanol–water partition coefficient (Wildman–Crippen LogP) is 5.44. The second-order valence-corrected chi connectivity index (χ2v) is 10.9. The van der Waals surface area contributed by atoms with Crippen molar-refractivity contribution in [2.75, 3.05) is 12.3 Å². The first-order chi connectivity index (χ1) is 14.7. The van der Waals surface area contributed by atoms with E-state index in [1.54, 1.807) is 41.5 Å². The molecule has 1 aromatic rings. The van der Waals surface area contributed by atoms with Crippen molar-refractivity contribution in [2.24, 2.45) is 0 Å². The number of hydrogen-bond donors (Lipinski definition) is 0. The Morgan fingerprint density at radius 1 is 0.906 bits per heavy atom. The molecule has 1 atom stereocenters. The molecule has 1 aromatic carbocycles. The van der Waals surface area contributed by atoms with Crippen LogP contribution in [-0.2, 0) is 20.3 Å². The molecule has 0 saturated carbocycles. The third-order valence-electron chi connectivity index (χ3n) is 4.00. The first-order valence-corrected chi connectivity index (χ1v) is 11.9. The van der Waals surface area contributed by atoms with E-state index >= 15 is 0 Å². The van der Waals surface area contributed by atoms with Gasteiger partial charge in [-0.2, -0.15) is 0 Å². The highest BCUT2D eigenvalue weighted by molar-refractivity contribution is 7.85. The summed E-state index contributed by atoms with van der Waals surface area (Å²) in [5.74, 6) is 0.430. The van der Waals surface area contributed by atoms with Gasteiger partial charge in [0.2, 0.25) is 0 Å². The highest BCUT2D eigenvalue weighted by Gasteiger charge is 2.30. The van der Waals surface area contributed by atoms with Gasteiger partial charge in [-0.15, -0.1) is 0 Å². The monoisotopic (exact) mass is 470 g/mol. The number of benzene rings is 1. The number of non-ortho nitro benzene ring substituents is 1. The number of amides is 2. The Kier molecular flexibility index (Phi) is 10.3. The molecule has 0 bridgehead atoms. The van der Waals surface area contributed by atoms with E-state index in [0.717, 1.165) is 17.7 Å². The number of nitrogens with zero attached hydrogens (tertiary/aromatic N) is 2. The number of rotatable bonds is 9. The minimum Gasteiger partial charge on any atom is -0.443 e. The summed E-state index contributed by atoms with van der Waals surface area (Å²) in [5.41, 5.74) is -1.51. The number of carbonyl (C=O) groups excluding carboxylic acids is 2. The lowest BCUT2D eigenvalue weighted by molar-refractivity contribution is -0.384. The zero-order valence-electron chi connectivity index (χ0n) is 19.7. The van der Waals surface area contributed by atoms with E-state index in [0.29, 0.717) is 23.5 Å². The third kappa shape index (κ3) is 10.7. The van der Waals surface area contributed by atoms with Gasteiger partial charge in [0.05, 0.1) is 15.7 Å². The number of nitro benzene ring substituents is 1. The average Bonchev–Trinajstić information content (AvgIpc) is 2.64. The number of imide groups is 1. The number of unbranched alkanes of at least 4 members (excludes halogenated alkanes) is 3. The normalized spacial score (nSPS) is 12.7. The van der Waals surface area contributed by atoms with Crippen molar-refractivity contribution in [2.45, 2.75) is 83.3 Å². The van der Waals surface area contributed by atoms with E-state index in [2.05, 4.69) is 0 Å². The van der Waals surface area contributed by atoms with E-state index in [1.165, 1.54) is 24.3 Å². The summed E-state index contributed by atoms with van der Waals surface area (Å²) in [6, 6.07) is 5.70. The first kappa shape index (κ1) is 27.5. The van der Waals surface area contributed by atoms with Crippen molar-refractivity contribution >= 4 is 28.7 Å². The average molecular weight is 471 g/mol. The summed E-state index contributed by atoms with van der Waals surface area (Å²) in [5, 5.41) is 10.7. The molecule has 2 amide bonds. The smallest absolute Gasteiger partial charge is 0.419 e. The molecule has 32 heavy (non-hydrogen) atoms. The Balaban J connectivity index is 2.50. The molecule has 10 heteroatoms. The van der Waals surface area contributed by atoms with Crippen LogP contribution in [0.4, 0.5) is 15.3 Å². The largest absolute Gasteiger partial charge is 0.443 e. The van der Waals surface area contributed by atoms with Crippen LogP contribution in [-0.4, -0.2) is 49.7 Å². The van der Waals surface area contributed by atoms with Gasteiger partial charge in [-0.3, -0.25) is 14.3 Å². The Labute approximate surface area is 192 Å². The summed E-state index contributed by atoms with van der Waals surface area (Å²) >= 11 is 0. The molecule has 9 nitrogen and oxygen atoms in total. The quantitative estimate of drug-likeness (QED) is 0.268. The topological polar surface area (TPSA) is 116 Å². The second-order valence-electron chi connectivity index (χ2n) is 9.33. The van der Waals surface area contributed by atoms with E-state index in [-0.39, 0.29) is 12.2 Å². The standard InChI is InChI=1S/C22H34N2O7S/c1-21(2,3)30-19(25)23(20(26)31-22(4,5)6)15-9-7-8-10-16-32(29)18-13-11-17(12-14-18)24(27)28/h11-14H,7-10,15-16H2,1-6H3. The molecule has 0 aromatic heterocycles. The summed E-state index contributed by atoms with van der Waals surface area (Å²) in [6.45, 7) is 10.5. The van der Waals surface area contributed by atoms with Crippen LogP contribution >= 0.6 is 0 Å². The highest BCUT2D eigenvalue weighted by Crippen LogP contribution is 2.17. The summed E-state index contributed by atoms with van der Waals surface area (Å²) in [6.07, 6.45) is 1.23. The van der Waals surface area contributed by atoms with Crippen LogP contribution in [0, 0.1) is 10.1 Å². The lowest BCUT2D eigenvalue weighted by Crippen LogP contribution is -2.44. The van der Waals surface area contributed by atoms with Crippen molar-refractivity contribution in [1.29, 1.82) is 0 Å². The minimum absolute atomic E-state index is 0.0368. The molecule has 0 radical (unpaired) electrons. The van der Waals surface area contributed by atoms with Gasteiger partial charge < -0.3 is 9.47 Å². The lowest BCUT2D eigenvalue weighted by atomic mass is 10.2. The van der Waals surface area contributed by atoms with Crippen LogP contribution in [0.15, 0.2) is 29.2 Å². The number of carbonyl (C=O) groups is 2. The van der Waals surface area contributed by atoms with Crippen LogP contribution in [0.25, 0.3) is 0 Å². The SMILES string of the molecule is CC(C)(C)OC(=O)N(CCCCCCS(=O)c1ccc([N+](=O)[O-])cc1)C(=O)OC(C)(C)C. The fourth-order valence-electron chi connectivity index (χ4n) is 2.59. The molecule has 0 aliphatic heterocycles. The number of nitro groups is 1. The fourth-order valence-corrected chi connectivity index (χ4v) is 3.73. The molecule has 1 rings (SSSR count). The maximum Gasteiger partial charge on any atom is 0.419 e. The maximum absolute atomic E-state index is 12.4. The molecule has 0 spiro atoms. The highest BCUT2D eigenvalue weighted by atomic mass is 32.2. The van der Waals surface area contributed by atoms with Gasteiger partial charge in [0.1, 0.15) is 11.2 Å². The van der Waals surface area contributed by atoms with Crippen LogP contribution in [0.5, 0.6) is 0 Å². The van der Waals surface area contributed by atoms with Crippen molar-refractivity contribution in [3.8, 4) is 0 Å². The molecular formula is C22H34N2O7S. The number of ether oxygens (including phenoxy) is 2. The molecule has 0 aliphatic carbocycles. The fraction of sp³-hybridized carbons (Fsp3) is 0.636. The molecule has 0 N–H and O–H groups in total. The molecule has 180 valence electrons. The van der Waals surface area contributed by atoms with Gasteiger partial charge in [0.25, 0.3) is 5.69 Å². The molecule has 0 fully saturated rings. The predicted molar refractivity (Wildman–Crippen MR) is 122 cm³/mol. The van der Waals surface area contributed by atoms with Crippen molar-refractivity contribution < 1.29 is 28.2 Å². The number of hydrogen-bond acceptors (Lipinski definition) is 7. The second kappa shape index (κ2) is 11.9. The Morgan fingerprint density at radius 2 is 1.38 bits per heavy atom. The van der Waals surface area contributed by atoms with Gasteiger partial charge in [-0.1, -0.05) is 12.8 Å². The van der Waals surface area contributed by atoms with Crippen LogP contribution < -0.4 is 0 Å². The first-order valence-electron chi connectivity index (χ1n) is 10.6. The lowest BCUT2D eigenvalue weighted by Gasteiger charge is -2.28. The summed E-state index contributed by atoms with van der Waals surface area (Å²) in [4.78, 5) is 36.6. The molecule has 0 aliphatic rings. The van der Waals surface area contributed by atoms with Crippen molar-refractivity contribution in [3.63, 3.8) is 0 Å². The summed E-state index contributed by atoms with van der Waals surface area (Å²) in [7, 11) is -1.24. The maximum atomic E-state index is 12.4. The van der Waals surface area contributed by atoms with Crippen LogP contribution in [0.3, 0.4) is 0 Å². The van der Waals surface area contributed by atoms with Gasteiger partial charge in [0.15, 0.2) is 0 Å². The molecule has 1 unspecified atom stereocenters. The van der Waals surface area contributed by atoms with Gasteiger partial charge in [0, 0.05) is 29.3 Å². The van der Waals surface area contributed by atoms with Gasteiger partial charge >= 0.3 is 12.2 Å². The van der Waals surface area contributed by atoms with E-state index in [9.17, 15) is 23.9 Å². The zero-order chi connectivity index (χ0) is 24.5. The third-order valence-corrected chi connectivity index (χ3v) is 5.46. The van der Waals surface area contributed by atoms with Crippen molar-refractivity contribution in [3.05, 3.63) is 34.4 Å². The zero-order valence-corrected chi connectivity index (χ0v) is 20.5. The van der Waals surface area contributed by atoms with E-state index in [4.69, 9.17) is 9.47 Å². The minimum atomic E-state index is -1.24. The Hall–Kier alpha value is -2.49. The van der Waals surface area contributed by atoms with Gasteiger partial charge in [-0.25, -0.2) is 14.5 Å². The Morgan fingerprint density at radius 3 is 1.81 bits per heavy atom. The van der Waals surface area contributed by atoms with Crippen molar-refractivity contribution in [1.82, 2.24) is 4.90 Å². The van der Waals surface area contributed by atoms with Gasteiger partial charge in [-0.05, 0) is 66.5 Å².